The van der Waals surface area contributed by atoms with Crippen molar-refractivity contribution in [2.45, 2.75) is 71.9 Å². The van der Waals surface area contributed by atoms with Crippen LogP contribution in [0.15, 0.2) is 34.8 Å². The van der Waals surface area contributed by atoms with Gasteiger partial charge in [-0.2, -0.15) is 0 Å². The quantitative estimate of drug-likeness (QED) is 0.255. The highest BCUT2D eigenvalue weighted by molar-refractivity contribution is 9.10. The summed E-state index contributed by atoms with van der Waals surface area (Å²) in [6, 6.07) is 7.86. The van der Waals surface area contributed by atoms with Crippen LogP contribution in [0.3, 0.4) is 0 Å². The largest absolute Gasteiger partial charge is 0.491 e. The van der Waals surface area contributed by atoms with E-state index in [1.807, 2.05) is 32.0 Å². The van der Waals surface area contributed by atoms with Gasteiger partial charge in [0, 0.05) is 21.7 Å². The third-order valence-corrected chi connectivity index (χ3v) is 7.54. The maximum absolute atomic E-state index is 15.2. The Labute approximate surface area is 250 Å². The highest BCUT2D eigenvalue weighted by atomic mass is 79.9. The van der Waals surface area contributed by atoms with Gasteiger partial charge in [-0.1, -0.05) is 38.9 Å². The Morgan fingerprint density at radius 2 is 1.93 bits per heavy atom. The normalized spacial score (nSPS) is 16.9. The van der Waals surface area contributed by atoms with Crippen molar-refractivity contribution in [2.24, 2.45) is 0 Å². The number of nitrogens with zero attached hydrogens (tertiary/aromatic N) is 3. The van der Waals surface area contributed by atoms with Crippen molar-refractivity contribution in [2.75, 3.05) is 13.2 Å². The molecule has 0 radical (unpaired) electrons. The highest BCUT2D eigenvalue weighted by Gasteiger charge is 2.46. The zero-order valence-corrected chi connectivity index (χ0v) is 26.5. The maximum atomic E-state index is 15.2. The minimum atomic E-state index is -0.901. The van der Waals surface area contributed by atoms with E-state index in [-0.39, 0.29) is 30.1 Å². The number of ether oxygens (including phenoxy) is 4. The zero-order valence-electron chi connectivity index (χ0n) is 23.4. The van der Waals surface area contributed by atoms with E-state index in [9.17, 15) is 4.79 Å². The highest BCUT2D eigenvalue weighted by Crippen LogP contribution is 2.39. The van der Waals surface area contributed by atoms with E-state index in [0.717, 1.165) is 10.0 Å². The number of amides is 1. The predicted octanol–water partition coefficient (Wildman–Crippen LogP) is 7.97. The van der Waals surface area contributed by atoms with Crippen molar-refractivity contribution in [3.8, 4) is 32.6 Å². The standard InChI is InChI=1S/C28H32BrClFN3O5S/c1-15(2)38-19-9-16(8-17(29)10-19)24-32-33-25(40-24)20-11-22(31)23(12-21(20)30)36-13-18-14-37-28(6,7)34(18)26(35)39-27(3,4)5/h8-12,15,18H,13-14H2,1-7H3/t18-/m0/s1. The van der Waals surface area contributed by atoms with Crippen molar-refractivity contribution in [3.05, 3.63) is 45.6 Å². The maximum Gasteiger partial charge on any atom is 0.413 e. The molecule has 1 aliphatic heterocycles. The van der Waals surface area contributed by atoms with Crippen molar-refractivity contribution in [3.63, 3.8) is 0 Å². The minimum Gasteiger partial charge on any atom is -0.491 e. The van der Waals surface area contributed by atoms with Crippen LogP contribution in [0.4, 0.5) is 9.18 Å². The van der Waals surface area contributed by atoms with Gasteiger partial charge in [0.2, 0.25) is 0 Å². The first kappa shape index (κ1) is 30.5. The summed E-state index contributed by atoms with van der Waals surface area (Å²) < 4.78 is 39.0. The third-order valence-electron chi connectivity index (χ3n) is 5.76. The molecule has 1 amide bonds. The fourth-order valence-electron chi connectivity index (χ4n) is 4.15. The monoisotopic (exact) mass is 655 g/mol. The van der Waals surface area contributed by atoms with Crippen LogP contribution < -0.4 is 9.47 Å². The lowest BCUT2D eigenvalue weighted by Gasteiger charge is -2.35. The van der Waals surface area contributed by atoms with Crippen LogP contribution in [0.25, 0.3) is 21.1 Å². The van der Waals surface area contributed by atoms with E-state index in [4.69, 9.17) is 30.5 Å². The molecule has 0 N–H and O–H groups in total. The zero-order chi connectivity index (χ0) is 29.4. The van der Waals surface area contributed by atoms with Gasteiger partial charge in [0.1, 0.15) is 33.7 Å². The Bertz CT molecular complexity index is 1390. The number of benzene rings is 2. The second-order valence-corrected chi connectivity index (χ2v) is 13.4. The van der Waals surface area contributed by atoms with Crippen molar-refractivity contribution >= 4 is 45.0 Å². The second-order valence-electron chi connectivity index (χ2n) is 11.1. The summed E-state index contributed by atoms with van der Waals surface area (Å²) in [6.07, 6.45) is -0.513. The van der Waals surface area contributed by atoms with Gasteiger partial charge >= 0.3 is 6.09 Å². The number of halogens is 3. The number of rotatable bonds is 7. The van der Waals surface area contributed by atoms with Crippen LogP contribution in [0, 0.1) is 5.82 Å². The van der Waals surface area contributed by atoms with Crippen LogP contribution in [0.2, 0.25) is 5.02 Å². The first-order valence-electron chi connectivity index (χ1n) is 12.7. The van der Waals surface area contributed by atoms with E-state index >= 15 is 4.39 Å². The smallest absolute Gasteiger partial charge is 0.413 e. The fraction of sp³-hybridized carbons (Fsp3) is 0.464. The summed E-state index contributed by atoms with van der Waals surface area (Å²) in [5.41, 5.74) is -0.379. The second kappa shape index (κ2) is 11.8. The van der Waals surface area contributed by atoms with E-state index < -0.39 is 29.3 Å². The van der Waals surface area contributed by atoms with Crippen molar-refractivity contribution in [1.82, 2.24) is 15.1 Å². The molecule has 2 heterocycles. The number of aromatic nitrogens is 2. The Kier molecular flexibility index (Phi) is 8.99. The van der Waals surface area contributed by atoms with Crippen LogP contribution in [0.5, 0.6) is 11.5 Å². The van der Waals surface area contributed by atoms with Crippen molar-refractivity contribution < 1.29 is 28.1 Å². The Morgan fingerprint density at radius 1 is 1.23 bits per heavy atom. The van der Waals surface area contributed by atoms with Crippen molar-refractivity contribution in [1.29, 1.82) is 0 Å². The van der Waals surface area contributed by atoms with Crippen LogP contribution >= 0.6 is 38.9 Å². The van der Waals surface area contributed by atoms with Gasteiger partial charge in [-0.25, -0.2) is 9.18 Å². The summed E-state index contributed by atoms with van der Waals surface area (Å²) in [5, 5.41) is 9.87. The lowest BCUT2D eigenvalue weighted by atomic mass is 10.2. The van der Waals surface area contributed by atoms with E-state index in [2.05, 4.69) is 26.1 Å². The van der Waals surface area contributed by atoms with Gasteiger partial charge < -0.3 is 18.9 Å². The molecule has 1 saturated heterocycles. The molecule has 12 heteroatoms. The van der Waals surface area contributed by atoms with Gasteiger partial charge in [0.05, 0.1) is 23.8 Å². The molecule has 1 aromatic heterocycles. The molecular weight excluding hydrogens is 625 g/mol. The Morgan fingerprint density at radius 3 is 2.60 bits per heavy atom. The molecule has 0 unspecified atom stereocenters. The van der Waals surface area contributed by atoms with Crippen LogP contribution in [-0.2, 0) is 9.47 Å². The average Bonchev–Trinajstić information content (AvgIpc) is 3.41. The topological polar surface area (TPSA) is 83.0 Å². The first-order chi connectivity index (χ1) is 18.6. The summed E-state index contributed by atoms with van der Waals surface area (Å²) >= 11 is 11.3. The summed E-state index contributed by atoms with van der Waals surface area (Å²) in [4.78, 5) is 14.3. The Balaban J connectivity index is 1.51. The molecule has 1 aliphatic rings. The molecule has 8 nitrogen and oxygen atoms in total. The number of hydrogen-bond donors (Lipinski definition) is 0. The molecule has 0 saturated carbocycles. The summed E-state index contributed by atoms with van der Waals surface area (Å²) in [6.45, 7) is 13.0. The van der Waals surface area contributed by atoms with E-state index in [0.29, 0.717) is 21.3 Å². The van der Waals surface area contributed by atoms with Crippen LogP contribution in [-0.4, -0.2) is 57.9 Å². The molecule has 2 aromatic carbocycles. The average molecular weight is 657 g/mol. The fourth-order valence-corrected chi connectivity index (χ4v) is 5.78. The number of carbonyl (C=O) groups is 1. The molecular formula is C28H32BrClFN3O5S. The first-order valence-corrected chi connectivity index (χ1v) is 14.7. The van der Waals surface area contributed by atoms with Crippen LogP contribution in [0.1, 0.15) is 48.5 Å². The van der Waals surface area contributed by atoms with Gasteiger partial charge in [-0.15, -0.1) is 10.2 Å². The molecule has 1 fully saturated rings. The van der Waals surface area contributed by atoms with Gasteiger partial charge in [0.25, 0.3) is 0 Å². The molecule has 0 aliphatic carbocycles. The SMILES string of the molecule is CC(C)Oc1cc(Br)cc(-c2nnc(-c3cc(F)c(OC[C@H]4COC(C)(C)N4C(=O)OC(C)(C)C)cc3Cl)s2)c1. The molecule has 1 atom stereocenters. The lowest BCUT2D eigenvalue weighted by molar-refractivity contribution is -0.0637. The molecule has 0 bridgehead atoms. The molecule has 4 rings (SSSR count). The molecule has 0 spiro atoms. The summed E-state index contributed by atoms with van der Waals surface area (Å²) in [7, 11) is 0. The summed E-state index contributed by atoms with van der Waals surface area (Å²) in [5.74, 6) is 0.0333. The van der Waals surface area contributed by atoms with Gasteiger partial charge in [0.15, 0.2) is 11.6 Å². The third kappa shape index (κ3) is 7.23. The predicted molar refractivity (Wildman–Crippen MR) is 157 cm³/mol. The van der Waals surface area contributed by atoms with Gasteiger partial charge in [-0.3, -0.25) is 4.90 Å². The molecule has 40 heavy (non-hydrogen) atoms. The molecule has 216 valence electrons. The number of hydrogen-bond acceptors (Lipinski definition) is 8. The number of carbonyl (C=O) groups excluding carboxylic acids is 1. The van der Waals surface area contributed by atoms with E-state index in [1.165, 1.54) is 28.4 Å². The van der Waals surface area contributed by atoms with E-state index in [1.54, 1.807) is 34.6 Å². The van der Waals surface area contributed by atoms with Gasteiger partial charge in [-0.05, 0) is 72.7 Å². The lowest BCUT2D eigenvalue weighted by Crippen LogP contribution is -2.51. The minimum absolute atomic E-state index is 0.0120. The Hall–Kier alpha value is -2.47. The molecule has 3 aromatic rings.